The van der Waals surface area contributed by atoms with Crippen molar-refractivity contribution < 1.29 is 64.3 Å². The first-order chi connectivity index (χ1) is 5.49. The van der Waals surface area contributed by atoms with Crippen molar-refractivity contribution in [3.63, 3.8) is 0 Å². The molecule has 0 saturated heterocycles. The van der Waals surface area contributed by atoms with E-state index in [0.29, 0.717) is 13.1 Å². The molecule has 0 atom stereocenters. The molecule has 0 aliphatic heterocycles. The predicted octanol–water partition coefficient (Wildman–Crippen LogP) is -0.501. The summed E-state index contributed by atoms with van der Waals surface area (Å²) in [6.07, 6.45) is 1.08. The topological polar surface area (TPSA) is 3.24 Å². The van der Waals surface area contributed by atoms with E-state index >= 15 is 0 Å². The van der Waals surface area contributed by atoms with E-state index in [-0.39, 0.29) is 51.4 Å². The fourth-order valence-corrected chi connectivity index (χ4v) is 1.05. The van der Waals surface area contributed by atoms with Gasteiger partial charge in [-0.1, -0.05) is 20.3 Å². The summed E-state index contributed by atoms with van der Waals surface area (Å²) in [7, 11) is 0. The van der Waals surface area contributed by atoms with Crippen molar-refractivity contribution in [3.8, 4) is 0 Å². The van der Waals surface area contributed by atoms with E-state index < -0.39 is 13.4 Å². The van der Waals surface area contributed by atoms with Crippen LogP contribution in [0.15, 0.2) is 0 Å². The summed E-state index contributed by atoms with van der Waals surface area (Å²) < 4.78 is 35.8. The van der Waals surface area contributed by atoms with E-state index in [1.54, 1.807) is 6.92 Å². The maximum atomic E-state index is 11.9. The zero-order valence-electron chi connectivity index (χ0n) is 8.69. The Morgan fingerprint density at radius 2 is 1.69 bits per heavy atom. The Morgan fingerprint density at radius 3 is 2.00 bits per heavy atom. The van der Waals surface area contributed by atoms with Crippen molar-refractivity contribution in [1.29, 1.82) is 0 Å². The normalized spacial score (nSPS) is 11.5. The van der Waals surface area contributed by atoms with Crippen LogP contribution < -0.4 is 51.4 Å². The minimum atomic E-state index is -4.64. The quantitative estimate of drug-likeness (QED) is 0.546. The summed E-state index contributed by atoms with van der Waals surface area (Å²) in [6.45, 7) is 0.148. The van der Waals surface area contributed by atoms with Gasteiger partial charge in [0.1, 0.15) is 0 Å². The SMILES string of the molecule is CCCCN(CC)C[B-](F)(F)F.[K+]. The van der Waals surface area contributed by atoms with Crippen LogP contribution in [0.4, 0.5) is 12.9 Å². The van der Waals surface area contributed by atoms with Gasteiger partial charge in [0.15, 0.2) is 0 Å². The molecule has 0 aliphatic carbocycles. The Bertz CT molecular complexity index is 121. The van der Waals surface area contributed by atoms with Gasteiger partial charge in [-0.3, -0.25) is 0 Å². The summed E-state index contributed by atoms with van der Waals surface area (Å²) in [6, 6.07) is 0. The van der Waals surface area contributed by atoms with Gasteiger partial charge in [-0.25, -0.2) is 0 Å². The van der Waals surface area contributed by atoms with Crippen molar-refractivity contribution in [2.45, 2.75) is 26.7 Å². The van der Waals surface area contributed by atoms with Gasteiger partial charge < -0.3 is 17.8 Å². The number of hydrogen-bond donors (Lipinski definition) is 0. The van der Waals surface area contributed by atoms with Crippen LogP contribution in [0.2, 0.25) is 0 Å². The van der Waals surface area contributed by atoms with Crippen molar-refractivity contribution >= 4 is 6.98 Å². The monoisotopic (exact) mass is 221 g/mol. The Labute approximate surface area is 121 Å². The van der Waals surface area contributed by atoms with Gasteiger partial charge >= 0.3 is 58.4 Å². The van der Waals surface area contributed by atoms with E-state index in [4.69, 9.17) is 0 Å². The van der Waals surface area contributed by atoms with Crippen LogP contribution in [0.1, 0.15) is 26.7 Å². The minimum Gasteiger partial charge on any atom is -0.448 e. The van der Waals surface area contributed by atoms with Gasteiger partial charge in [0, 0.05) is 0 Å². The molecule has 0 saturated carbocycles. The fraction of sp³-hybridized carbons (Fsp3) is 1.00. The summed E-state index contributed by atoms with van der Waals surface area (Å²) in [4.78, 5) is 1.45. The van der Waals surface area contributed by atoms with Crippen LogP contribution in [-0.2, 0) is 0 Å². The van der Waals surface area contributed by atoms with Crippen LogP contribution >= 0.6 is 0 Å². The van der Waals surface area contributed by atoms with Crippen molar-refractivity contribution in [3.05, 3.63) is 0 Å². The van der Waals surface area contributed by atoms with Gasteiger partial charge in [-0.05, 0) is 26.0 Å². The number of hydrogen-bond acceptors (Lipinski definition) is 1. The first kappa shape index (κ1) is 16.9. The zero-order chi connectivity index (χ0) is 9.61. The fourth-order valence-electron chi connectivity index (χ4n) is 1.05. The second-order valence-corrected chi connectivity index (χ2v) is 2.96. The van der Waals surface area contributed by atoms with Crippen LogP contribution in [0.25, 0.3) is 0 Å². The average Bonchev–Trinajstić information content (AvgIpc) is 1.95. The van der Waals surface area contributed by atoms with Crippen molar-refractivity contribution in [2.75, 3.05) is 19.5 Å². The van der Waals surface area contributed by atoms with Crippen LogP contribution in [0, 0.1) is 0 Å². The van der Waals surface area contributed by atoms with Gasteiger partial charge in [0.2, 0.25) is 0 Å². The number of halogens is 3. The van der Waals surface area contributed by atoms with Gasteiger partial charge in [0.25, 0.3) is 0 Å². The maximum absolute atomic E-state index is 11.9. The molecule has 0 fully saturated rings. The van der Waals surface area contributed by atoms with E-state index in [2.05, 4.69) is 0 Å². The second kappa shape index (κ2) is 8.74. The molecule has 0 bridgehead atoms. The Morgan fingerprint density at radius 1 is 1.15 bits per heavy atom. The van der Waals surface area contributed by atoms with Gasteiger partial charge in [-0.2, -0.15) is 0 Å². The third kappa shape index (κ3) is 11.4. The first-order valence-electron chi connectivity index (χ1n) is 4.43. The standard InChI is InChI=1S/C7H16BF3N.K/c1-3-5-6-12(4-2)7-8(9,10)11;/h3-7H2,1-2H3;/q-1;+1. The number of rotatable bonds is 6. The molecule has 0 aromatic heterocycles. The molecule has 0 aliphatic rings. The summed E-state index contributed by atoms with van der Waals surface area (Å²) in [5.74, 6) is 0. The average molecular weight is 221 g/mol. The summed E-state index contributed by atoms with van der Waals surface area (Å²) in [5.41, 5.74) is 0. The van der Waals surface area contributed by atoms with Crippen LogP contribution in [0.5, 0.6) is 0 Å². The molecule has 0 N–H and O–H groups in total. The maximum Gasteiger partial charge on any atom is 1.00 e. The Balaban J connectivity index is 0. The van der Waals surface area contributed by atoms with E-state index in [1.165, 1.54) is 4.90 Å². The van der Waals surface area contributed by atoms with Crippen LogP contribution in [-0.4, -0.2) is 31.4 Å². The third-order valence-electron chi connectivity index (χ3n) is 1.74. The van der Waals surface area contributed by atoms with Crippen molar-refractivity contribution in [1.82, 2.24) is 4.90 Å². The molecule has 0 amide bonds. The molecule has 6 heteroatoms. The number of nitrogens with zero attached hydrogens (tertiary/aromatic N) is 1. The molecule has 0 unspecified atom stereocenters. The predicted molar refractivity (Wildman–Crippen MR) is 46.1 cm³/mol. The first-order valence-corrected chi connectivity index (χ1v) is 4.43. The van der Waals surface area contributed by atoms with Gasteiger partial charge in [0.05, 0.1) is 0 Å². The largest absolute Gasteiger partial charge is 1.00 e. The third-order valence-corrected chi connectivity index (χ3v) is 1.74. The smallest absolute Gasteiger partial charge is 0.448 e. The molecule has 0 aromatic rings. The minimum absolute atomic E-state index is 0. The molecule has 1 nitrogen and oxygen atoms in total. The molecule has 74 valence electrons. The second-order valence-electron chi connectivity index (χ2n) is 2.96. The summed E-state index contributed by atoms with van der Waals surface area (Å²) >= 11 is 0. The number of unbranched alkanes of at least 4 members (excludes halogenated alkanes) is 1. The van der Waals surface area contributed by atoms with E-state index in [0.717, 1.165) is 12.8 Å². The van der Waals surface area contributed by atoms with E-state index in [9.17, 15) is 12.9 Å². The molecule has 0 rings (SSSR count). The van der Waals surface area contributed by atoms with Crippen molar-refractivity contribution in [2.24, 2.45) is 0 Å². The van der Waals surface area contributed by atoms with Gasteiger partial charge in [-0.15, -0.1) is 0 Å². The Hall–Kier alpha value is 1.45. The van der Waals surface area contributed by atoms with E-state index in [1.807, 2.05) is 6.92 Å². The Kier molecular flexibility index (Phi) is 11.3. The van der Waals surface area contributed by atoms with Crippen LogP contribution in [0.3, 0.4) is 0 Å². The molecular formula is C7H16BF3KN. The summed E-state index contributed by atoms with van der Waals surface area (Å²) in [5, 5.41) is 0. The molecular weight excluding hydrogens is 205 g/mol. The molecule has 0 heterocycles. The molecule has 0 aromatic carbocycles. The molecule has 13 heavy (non-hydrogen) atoms. The molecule has 0 spiro atoms. The zero-order valence-corrected chi connectivity index (χ0v) is 11.8. The molecule has 0 radical (unpaired) electrons.